The van der Waals surface area contributed by atoms with Crippen molar-refractivity contribution in [2.45, 2.75) is 12.8 Å². The number of hydrogen-bond acceptors (Lipinski definition) is 2. The van der Waals surface area contributed by atoms with Gasteiger partial charge in [0, 0.05) is 6.54 Å². The summed E-state index contributed by atoms with van der Waals surface area (Å²) in [5, 5.41) is 0. The van der Waals surface area contributed by atoms with Gasteiger partial charge in [0.15, 0.2) is 0 Å². The topological polar surface area (TPSA) is 41.1 Å². The maximum atomic E-state index is 10.5. The van der Waals surface area contributed by atoms with Crippen molar-refractivity contribution >= 4 is 5.91 Å². The lowest BCUT2D eigenvalue weighted by Crippen LogP contribution is -2.35. The summed E-state index contributed by atoms with van der Waals surface area (Å²) in [5.74, 6) is -0.0116. The highest BCUT2D eigenvalue weighted by molar-refractivity contribution is 5.84. The van der Waals surface area contributed by atoms with Gasteiger partial charge in [-0.3, -0.25) is 10.2 Å². The fourth-order valence-corrected chi connectivity index (χ4v) is 0.624. The molecular formula is C5H9N2O. The van der Waals surface area contributed by atoms with Gasteiger partial charge in [-0.1, -0.05) is 0 Å². The lowest BCUT2D eigenvalue weighted by Gasteiger charge is -1.96. The molecule has 1 fully saturated rings. The standard InChI is InChI=1S/C5H9N2O/c8-5-3-1-2-4-6-7-5/h3,6H,1-2,4H2,(H,7,8). The third-order valence-corrected chi connectivity index (χ3v) is 1.05. The van der Waals surface area contributed by atoms with Gasteiger partial charge in [0.2, 0.25) is 5.91 Å². The summed E-state index contributed by atoms with van der Waals surface area (Å²) in [5.41, 5.74) is 5.27. The molecule has 0 spiro atoms. The Hall–Kier alpha value is -0.570. The van der Waals surface area contributed by atoms with Crippen LogP contribution in [0.4, 0.5) is 0 Å². The summed E-state index contributed by atoms with van der Waals surface area (Å²) in [6.45, 7) is 0.877. The van der Waals surface area contributed by atoms with Crippen LogP contribution in [0.1, 0.15) is 12.8 Å². The van der Waals surface area contributed by atoms with Gasteiger partial charge in [-0.2, -0.15) is 0 Å². The SMILES string of the molecule is O=C1[CH]CCCNN1. The van der Waals surface area contributed by atoms with Crippen molar-refractivity contribution in [3.63, 3.8) is 0 Å². The molecule has 0 bridgehead atoms. The maximum Gasteiger partial charge on any atom is 0.237 e. The molecule has 1 saturated heterocycles. The van der Waals surface area contributed by atoms with E-state index in [9.17, 15) is 4.79 Å². The van der Waals surface area contributed by atoms with Crippen LogP contribution in [0.3, 0.4) is 0 Å². The molecule has 1 aliphatic heterocycles. The second kappa shape index (κ2) is 2.67. The van der Waals surface area contributed by atoms with E-state index in [0.29, 0.717) is 0 Å². The third kappa shape index (κ3) is 1.50. The van der Waals surface area contributed by atoms with Gasteiger partial charge in [-0.05, 0) is 12.8 Å². The van der Waals surface area contributed by atoms with Crippen LogP contribution in [0.5, 0.6) is 0 Å². The molecule has 0 aromatic carbocycles. The Morgan fingerprint density at radius 3 is 3.38 bits per heavy atom. The van der Waals surface area contributed by atoms with Crippen molar-refractivity contribution in [1.82, 2.24) is 10.9 Å². The van der Waals surface area contributed by atoms with Crippen LogP contribution in [0.15, 0.2) is 0 Å². The molecule has 0 unspecified atom stereocenters. The highest BCUT2D eigenvalue weighted by atomic mass is 16.2. The van der Waals surface area contributed by atoms with Crippen LogP contribution in [0.2, 0.25) is 0 Å². The number of amides is 1. The summed E-state index contributed by atoms with van der Waals surface area (Å²) < 4.78 is 0. The van der Waals surface area contributed by atoms with Gasteiger partial charge in [0.1, 0.15) is 0 Å². The van der Waals surface area contributed by atoms with E-state index in [1.165, 1.54) is 0 Å². The molecule has 1 amide bonds. The molecule has 1 aliphatic rings. The van der Waals surface area contributed by atoms with E-state index in [1.54, 1.807) is 6.42 Å². The first-order chi connectivity index (χ1) is 3.89. The molecule has 0 aromatic heterocycles. The van der Waals surface area contributed by atoms with E-state index in [-0.39, 0.29) is 5.91 Å². The minimum atomic E-state index is -0.0116. The Kier molecular flexibility index (Phi) is 1.86. The first-order valence-corrected chi connectivity index (χ1v) is 2.75. The van der Waals surface area contributed by atoms with E-state index < -0.39 is 0 Å². The average Bonchev–Trinajstić information content (AvgIpc) is 1.94. The molecule has 0 aliphatic carbocycles. The Morgan fingerprint density at radius 1 is 1.62 bits per heavy atom. The maximum absolute atomic E-state index is 10.5. The van der Waals surface area contributed by atoms with Crippen LogP contribution in [0, 0.1) is 6.42 Å². The molecule has 45 valence electrons. The molecule has 1 heterocycles. The van der Waals surface area contributed by atoms with Crippen LogP contribution < -0.4 is 10.9 Å². The number of nitrogens with one attached hydrogen (secondary N) is 2. The quantitative estimate of drug-likeness (QED) is 0.449. The molecule has 0 atom stereocenters. The van der Waals surface area contributed by atoms with Gasteiger partial charge in [-0.25, -0.2) is 5.43 Å². The van der Waals surface area contributed by atoms with Gasteiger partial charge in [0.25, 0.3) is 0 Å². The summed E-state index contributed by atoms with van der Waals surface area (Å²) in [6.07, 6.45) is 3.58. The van der Waals surface area contributed by atoms with E-state index in [1.807, 2.05) is 0 Å². The lowest BCUT2D eigenvalue weighted by atomic mass is 10.2. The Morgan fingerprint density at radius 2 is 2.50 bits per heavy atom. The zero-order valence-electron chi connectivity index (χ0n) is 4.61. The molecule has 2 N–H and O–H groups in total. The molecule has 1 radical (unpaired) electrons. The van der Waals surface area contributed by atoms with Crippen molar-refractivity contribution in [1.29, 1.82) is 0 Å². The lowest BCUT2D eigenvalue weighted by molar-refractivity contribution is -0.118. The molecule has 0 saturated carbocycles. The number of carbonyl (C=O) groups excluding carboxylic acids is 1. The van der Waals surface area contributed by atoms with Crippen LogP contribution >= 0.6 is 0 Å². The van der Waals surface area contributed by atoms with E-state index in [0.717, 1.165) is 19.4 Å². The molecule has 8 heavy (non-hydrogen) atoms. The largest absolute Gasteiger partial charge is 0.291 e. The predicted molar refractivity (Wildman–Crippen MR) is 29.7 cm³/mol. The van der Waals surface area contributed by atoms with Crippen molar-refractivity contribution in [2.75, 3.05) is 6.54 Å². The number of hydrogen-bond donors (Lipinski definition) is 2. The van der Waals surface area contributed by atoms with Crippen molar-refractivity contribution < 1.29 is 4.79 Å². The molecule has 3 heteroatoms. The van der Waals surface area contributed by atoms with Crippen LogP contribution in [-0.4, -0.2) is 12.5 Å². The Labute approximate surface area is 48.4 Å². The molecular weight excluding hydrogens is 104 g/mol. The van der Waals surface area contributed by atoms with Crippen molar-refractivity contribution in [2.24, 2.45) is 0 Å². The Balaban J connectivity index is 2.27. The number of carbonyl (C=O) groups is 1. The zero-order valence-corrected chi connectivity index (χ0v) is 4.61. The Bertz CT molecular complexity index is 82.4. The number of rotatable bonds is 0. The highest BCUT2D eigenvalue weighted by Gasteiger charge is 2.03. The summed E-state index contributed by atoms with van der Waals surface area (Å²) in [4.78, 5) is 10.5. The molecule has 3 nitrogen and oxygen atoms in total. The van der Waals surface area contributed by atoms with Crippen LogP contribution in [-0.2, 0) is 4.79 Å². The normalized spacial score (nSPS) is 21.8. The van der Waals surface area contributed by atoms with Gasteiger partial charge in [0.05, 0.1) is 6.42 Å². The first kappa shape index (κ1) is 5.56. The zero-order chi connectivity index (χ0) is 5.82. The fourth-order valence-electron chi connectivity index (χ4n) is 0.624. The van der Waals surface area contributed by atoms with Gasteiger partial charge < -0.3 is 0 Å². The summed E-state index contributed by atoms with van der Waals surface area (Å²) >= 11 is 0. The van der Waals surface area contributed by atoms with E-state index in [2.05, 4.69) is 10.9 Å². The number of hydrazine groups is 1. The summed E-state index contributed by atoms with van der Waals surface area (Å²) in [6, 6.07) is 0. The van der Waals surface area contributed by atoms with Crippen molar-refractivity contribution in [3.05, 3.63) is 6.42 Å². The predicted octanol–water partition coefficient (Wildman–Crippen LogP) is -0.395. The van der Waals surface area contributed by atoms with Gasteiger partial charge in [-0.15, -0.1) is 0 Å². The second-order valence-electron chi connectivity index (χ2n) is 1.76. The van der Waals surface area contributed by atoms with Gasteiger partial charge >= 0.3 is 0 Å². The van der Waals surface area contributed by atoms with E-state index >= 15 is 0 Å². The monoisotopic (exact) mass is 113 g/mol. The minimum absolute atomic E-state index is 0.0116. The molecule has 1 rings (SSSR count). The minimum Gasteiger partial charge on any atom is -0.291 e. The fraction of sp³-hybridized carbons (Fsp3) is 0.600. The average molecular weight is 113 g/mol. The van der Waals surface area contributed by atoms with E-state index in [4.69, 9.17) is 0 Å². The first-order valence-electron chi connectivity index (χ1n) is 2.75. The van der Waals surface area contributed by atoms with Crippen molar-refractivity contribution in [3.8, 4) is 0 Å². The second-order valence-corrected chi connectivity index (χ2v) is 1.76. The molecule has 0 aromatic rings. The highest BCUT2D eigenvalue weighted by Crippen LogP contribution is 1.93. The van der Waals surface area contributed by atoms with Crippen LogP contribution in [0.25, 0.3) is 0 Å². The summed E-state index contributed by atoms with van der Waals surface area (Å²) in [7, 11) is 0. The smallest absolute Gasteiger partial charge is 0.237 e. The third-order valence-electron chi connectivity index (χ3n) is 1.05.